The first-order valence-electron chi connectivity index (χ1n) is 8.58. The summed E-state index contributed by atoms with van der Waals surface area (Å²) in [7, 11) is -3.44. The van der Waals surface area contributed by atoms with Crippen molar-refractivity contribution in [3.63, 3.8) is 0 Å². The number of pyridine rings is 1. The topological polar surface area (TPSA) is 53.5 Å². The molecule has 1 fully saturated rings. The minimum absolute atomic E-state index is 0.439. The van der Waals surface area contributed by atoms with Crippen LogP contribution < -0.4 is 0 Å². The second kappa shape index (κ2) is 7.23. The Hall–Kier alpha value is -1.76. The number of benzene rings is 1. The normalized spacial score (nSPS) is 16.9. The minimum atomic E-state index is -3.44. The fourth-order valence-corrected chi connectivity index (χ4v) is 4.91. The van der Waals surface area contributed by atoms with Gasteiger partial charge in [0.1, 0.15) is 0 Å². The molecule has 1 aliphatic rings. The van der Waals surface area contributed by atoms with Gasteiger partial charge < -0.3 is 0 Å². The van der Waals surface area contributed by atoms with Crippen LogP contribution in [-0.4, -0.2) is 48.8 Å². The second-order valence-corrected chi connectivity index (χ2v) is 8.61. The number of aromatic nitrogens is 1. The Morgan fingerprint density at radius 1 is 0.960 bits per heavy atom. The first-order valence-corrected chi connectivity index (χ1v) is 10.0. The van der Waals surface area contributed by atoms with Crippen LogP contribution >= 0.6 is 0 Å². The molecule has 0 spiro atoms. The second-order valence-electron chi connectivity index (χ2n) is 6.70. The number of hydrogen-bond donors (Lipinski definition) is 0. The van der Waals surface area contributed by atoms with Gasteiger partial charge in [-0.2, -0.15) is 4.31 Å². The molecule has 2 heterocycles. The SMILES string of the molecule is Cc1cc(C)c(S(=O)(=O)N2CCN(Cc3ccccn3)CC2)cc1C. The Balaban J connectivity index is 1.71. The molecule has 3 rings (SSSR count). The lowest BCUT2D eigenvalue weighted by Crippen LogP contribution is -2.48. The molecule has 1 aromatic carbocycles. The molecule has 0 saturated carbocycles. The summed E-state index contributed by atoms with van der Waals surface area (Å²) in [5, 5.41) is 0. The third-order valence-electron chi connectivity index (χ3n) is 4.85. The van der Waals surface area contributed by atoms with Crippen LogP contribution in [0.3, 0.4) is 0 Å². The monoisotopic (exact) mass is 359 g/mol. The van der Waals surface area contributed by atoms with E-state index in [0.29, 0.717) is 18.0 Å². The maximum absolute atomic E-state index is 13.0. The minimum Gasteiger partial charge on any atom is -0.295 e. The predicted molar refractivity (Wildman–Crippen MR) is 98.9 cm³/mol. The van der Waals surface area contributed by atoms with Crippen LogP contribution in [0.4, 0.5) is 0 Å². The summed E-state index contributed by atoms with van der Waals surface area (Å²) in [5.41, 5.74) is 3.97. The van der Waals surface area contributed by atoms with E-state index in [-0.39, 0.29) is 0 Å². The van der Waals surface area contributed by atoms with Gasteiger partial charge in [0.2, 0.25) is 10.0 Å². The molecule has 5 nitrogen and oxygen atoms in total. The molecular formula is C19H25N3O2S. The molecule has 0 unspecified atom stereocenters. The summed E-state index contributed by atoms with van der Waals surface area (Å²) in [6, 6.07) is 9.65. The van der Waals surface area contributed by atoms with Crippen molar-refractivity contribution < 1.29 is 8.42 Å². The van der Waals surface area contributed by atoms with Crippen LogP contribution in [0, 0.1) is 20.8 Å². The van der Waals surface area contributed by atoms with Crippen molar-refractivity contribution in [3.05, 3.63) is 58.9 Å². The largest absolute Gasteiger partial charge is 0.295 e. The summed E-state index contributed by atoms with van der Waals surface area (Å²) in [5.74, 6) is 0. The van der Waals surface area contributed by atoms with Gasteiger partial charge in [-0.1, -0.05) is 12.1 Å². The Morgan fingerprint density at radius 2 is 1.64 bits per heavy atom. The fourth-order valence-electron chi connectivity index (χ4n) is 3.20. The molecular weight excluding hydrogens is 334 g/mol. The number of hydrogen-bond acceptors (Lipinski definition) is 4. The van der Waals surface area contributed by atoms with Crippen LogP contribution in [0.1, 0.15) is 22.4 Å². The Kier molecular flexibility index (Phi) is 5.22. The standard InChI is InChI=1S/C19H25N3O2S/c1-15-12-17(3)19(13-16(15)2)25(23,24)22-10-8-21(9-11-22)14-18-6-4-5-7-20-18/h4-7,12-13H,8-11,14H2,1-3H3. The molecule has 2 aromatic rings. The van der Waals surface area contributed by atoms with E-state index in [1.807, 2.05) is 45.0 Å². The molecule has 1 saturated heterocycles. The van der Waals surface area contributed by atoms with E-state index in [2.05, 4.69) is 9.88 Å². The van der Waals surface area contributed by atoms with Gasteiger partial charge in [-0.25, -0.2) is 8.42 Å². The predicted octanol–water partition coefficient (Wildman–Crippen LogP) is 2.51. The molecule has 25 heavy (non-hydrogen) atoms. The third kappa shape index (κ3) is 3.92. The third-order valence-corrected chi connectivity index (χ3v) is 6.89. The molecule has 0 amide bonds. The van der Waals surface area contributed by atoms with Crippen molar-refractivity contribution in [2.75, 3.05) is 26.2 Å². The Bertz CT molecular complexity index is 842. The molecule has 0 radical (unpaired) electrons. The van der Waals surface area contributed by atoms with Crippen molar-refractivity contribution in [1.82, 2.24) is 14.2 Å². The van der Waals surface area contributed by atoms with Crippen LogP contribution in [0.15, 0.2) is 41.4 Å². The van der Waals surface area contributed by atoms with E-state index in [9.17, 15) is 8.42 Å². The van der Waals surface area contributed by atoms with E-state index in [4.69, 9.17) is 0 Å². The number of piperazine rings is 1. The highest BCUT2D eigenvalue weighted by atomic mass is 32.2. The zero-order valence-corrected chi connectivity index (χ0v) is 15.9. The summed E-state index contributed by atoms with van der Waals surface area (Å²) in [6.45, 7) is 9.07. The van der Waals surface area contributed by atoms with Gasteiger partial charge in [-0.3, -0.25) is 9.88 Å². The molecule has 1 aliphatic heterocycles. The fraction of sp³-hybridized carbons (Fsp3) is 0.421. The van der Waals surface area contributed by atoms with Crippen LogP contribution in [0.25, 0.3) is 0 Å². The van der Waals surface area contributed by atoms with Crippen molar-refractivity contribution in [1.29, 1.82) is 0 Å². The van der Waals surface area contributed by atoms with Gasteiger partial charge in [-0.15, -0.1) is 0 Å². The van der Waals surface area contributed by atoms with Crippen molar-refractivity contribution in [2.24, 2.45) is 0 Å². The van der Waals surface area contributed by atoms with Gasteiger partial charge in [0.05, 0.1) is 10.6 Å². The highest BCUT2D eigenvalue weighted by Gasteiger charge is 2.29. The zero-order valence-electron chi connectivity index (χ0n) is 15.1. The number of aryl methyl sites for hydroxylation is 3. The average Bonchev–Trinajstić information content (AvgIpc) is 2.59. The van der Waals surface area contributed by atoms with E-state index >= 15 is 0 Å². The lowest BCUT2D eigenvalue weighted by molar-refractivity contribution is 0.180. The van der Waals surface area contributed by atoms with Crippen molar-refractivity contribution >= 4 is 10.0 Å². The maximum atomic E-state index is 13.0. The molecule has 134 valence electrons. The van der Waals surface area contributed by atoms with Gasteiger partial charge in [0.15, 0.2) is 0 Å². The van der Waals surface area contributed by atoms with Crippen molar-refractivity contribution in [3.8, 4) is 0 Å². The highest BCUT2D eigenvalue weighted by Crippen LogP contribution is 2.24. The summed E-state index contributed by atoms with van der Waals surface area (Å²) < 4.78 is 27.7. The van der Waals surface area contributed by atoms with E-state index in [1.54, 1.807) is 16.6 Å². The highest BCUT2D eigenvalue weighted by molar-refractivity contribution is 7.89. The Morgan fingerprint density at radius 3 is 2.28 bits per heavy atom. The molecule has 1 aromatic heterocycles. The number of nitrogens with zero attached hydrogens (tertiary/aromatic N) is 3. The lowest BCUT2D eigenvalue weighted by Gasteiger charge is -2.34. The first kappa shape index (κ1) is 18.0. The molecule has 0 bridgehead atoms. The van der Waals surface area contributed by atoms with Crippen LogP contribution in [-0.2, 0) is 16.6 Å². The van der Waals surface area contributed by atoms with Gasteiger partial charge in [-0.05, 0) is 55.7 Å². The Labute approximate surface area is 150 Å². The summed E-state index contributed by atoms with van der Waals surface area (Å²) in [6.07, 6.45) is 1.79. The number of sulfonamides is 1. The van der Waals surface area contributed by atoms with E-state index < -0.39 is 10.0 Å². The average molecular weight is 359 g/mol. The van der Waals surface area contributed by atoms with Gasteiger partial charge >= 0.3 is 0 Å². The lowest BCUT2D eigenvalue weighted by atomic mass is 10.1. The maximum Gasteiger partial charge on any atom is 0.243 e. The van der Waals surface area contributed by atoms with Gasteiger partial charge in [0.25, 0.3) is 0 Å². The van der Waals surface area contributed by atoms with Gasteiger partial charge in [0, 0.05) is 38.9 Å². The molecule has 0 atom stereocenters. The quantitative estimate of drug-likeness (QED) is 0.842. The first-order chi connectivity index (χ1) is 11.9. The summed E-state index contributed by atoms with van der Waals surface area (Å²) in [4.78, 5) is 7.03. The van der Waals surface area contributed by atoms with Crippen LogP contribution in [0.2, 0.25) is 0 Å². The smallest absolute Gasteiger partial charge is 0.243 e. The molecule has 0 N–H and O–H groups in total. The molecule has 0 aliphatic carbocycles. The number of rotatable bonds is 4. The van der Waals surface area contributed by atoms with Crippen LogP contribution in [0.5, 0.6) is 0 Å². The zero-order chi connectivity index (χ0) is 18.0. The van der Waals surface area contributed by atoms with E-state index in [1.165, 1.54) is 0 Å². The molecule has 6 heteroatoms. The van der Waals surface area contributed by atoms with Crippen molar-refractivity contribution in [2.45, 2.75) is 32.2 Å². The van der Waals surface area contributed by atoms with E-state index in [0.717, 1.165) is 42.0 Å². The summed E-state index contributed by atoms with van der Waals surface area (Å²) >= 11 is 0.